The number of ether oxygens (including phenoxy) is 1. The summed E-state index contributed by atoms with van der Waals surface area (Å²) in [6.45, 7) is 7.26. The first-order valence-electron chi connectivity index (χ1n) is 17.5. The summed E-state index contributed by atoms with van der Waals surface area (Å²) in [5.41, 5.74) is 1.05. The summed E-state index contributed by atoms with van der Waals surface area (Å²) in [6.07, 6.45) is 21.6. The molecule has 2 aromatic rings. The van der Waals surface area contributed by atoms with Crippen LogP contribution in [0.25, 0.3) is 0 Å². The summed E-state index contributed by atoms with van der Waals surface area (Å²) in [6, 6.07) is 17.5. The molecule has 7 heteroatoms. The molecule has 3 unspecified atom stereocenters. The van der Waals surface area contributed by atoms with Gasteiger partial charge in [0.15, 0.2) is 11.5 Å². The summed E-state index contributed by atoms with van der Waals surface area (Å²) < 4.78 is 45.9. The predicted molar refractivity (Wildman–Crippen MR) is 196 cm³/mol. The summed E-state index contributed by atoms with van der Waals surface area (Å²) in [4.78, 5) is 12.3. The van der Waals surface area contributed by atoms with E-state index < -0.39 is 23.9 Å². The maximum atomic E-state index is 13.3. The number of hydrogen-bond acceptors (Lipinski definition) is 4. The van der Waals surface area contributed by atoms with E-state index in [1.807, 2.05) is 73.0 Å². The van der Waals surface area contributed by atoms with E-state index in [9.17, 15) is 18.0 Å². The van der Waals surface area contributed by atoms with E-state index in [0.717, 1.165) is 59.6 Å². The number of halogens is 3. The van der Waals surface area contributed by atoms with Crippen molar-refractivity contribution >= 4 is 17.5 Å². The molecule has 2 aromatic carbocycles. The van der Waals surface area contributed by atoms with Gasteiger partial charge in [-0.1, -0.05) is 151 Å². The third kappa shape index (κ3) is 11.6. The second-order valence-corrected chi connectivity index (χ2v) is 13.7. The maximum Gasteiger partial charge on any atom is 0.401 e. The van der Waals surface area contributed by atoms with Gasteiger partial charge in [0.05, 0.1) is 18.6 Å². The number of carbonyl (C=O) groups is 1. The second kappa shape index (κ2) is 20.0. The summed E-state index contributed by atoms with van der Waals surface area (Å²) in [5.74, 6) is 0.802. The molecule has 3 nitrogen and oxygen atoms in total. The monoisotopic (exact) mass is 681 g/mol. The van der Waals surface area contributed by atoms with Crippen LogP contribution in [0, 0.1) is 5.92 Å². The SMILES string of the molecule is C=CC(=O)c1ccccc1SC.CCCC(C)CCCCCCCCC(C1=CCC=CC=C1)(c1ccccc1)C1(NCC(F)(F)F)CO1. The highest BCUT2D eigenvalue weighted by Gasteiger charge is 2.63. The second-order valence-electron chi connectivity index (χ2n) is 12.9. The number of thioether (sulfide) groups is 1. The third-order valence-electron chi connectivity index (χ3n) is 9.29. The number of alkyl halides is 3. The number of ketones is 1. The van der Waals surface area contributed by atoms with E-state index in [1.165, 1.54) is 44.6 Å². The summed E-state index contributed by atoms with van der Waals surface area (Å²) in [5, 5.41) is 2.81. The van der Waals surface area contributed by atoms with Gasteiger partial charge in [0.25, 0.3) is 0 Å². The molecule has 48 heavy (non-hydrogen) atoms. The largest absolute Gasteiger partial charge is 0.401 e. The molecular weight excluding hydrogens is 628 g/mol. The van der Waals surface area contributed by atoms with Gasteiger partial charge >= 0.3 is 6.18 Å². The van der Waals surface area contributed by atoms with Gasteiger partial charge in [0.1, 0.15) is 0 Å². The molecule has 1 N–H and O–H groups in total. The Morgan fingerprint density at radius 2 is 1.67 bits per heavy atom. The van der Waals surface area contributed by atoms with Gasteiger partial charge in [-0.3, -0.25) is 10.1 Å². The molecule has 1 aliphatic carbocycles. The zero-order valence-corrected chi connectivity index (χ0v) is 29.8. The van der Waals surface area contributed by atoms with Gasteiger partial charge < -0.3 is 4.74 Å². The minimum Gasteiger partial charge on any atom is -0.352 e. The van der Waals surface area contributed by atoms with Crippen LogP contribution in [0.1, 0.15) is 100 Å². The Morgan fingerprint density at radius 1 is 1.00 bits per heavy atom. The van der Waals surface area contributed by atoms with Crippen LogP contribution in [0.15, 0.2) is 108 Å². The Labute approximate surface area is 291 Å². The normalized spacial score (nSPS) is 18.9. The number of nitrogens with one attached hydrogen (secondary N) is 1. The summed E-state index contributed by atoms with van der Waals surface area (Å²) >= 11 is 1.57. The molecule has 0 amide bonds. The third-order valence-corrected chi connectivity index (χ3v) is 10.1. The van der Waals surface area contributed by atoms with Crippen LogP contribution in [0.3, 0.4) is 0 Å². The highest BCUT2D eigenvalue weighted by atomic mass is 32.2. The predicted octanol–water partition coefficient (Wildman–Crippen LogP) is 11.6. The van der Waals surface area contributed by atoms with Crippen LogP contribution in [-0.4, -0.2) is 37.1 Å². The quantitative estimate of drug-likeness (QED) is 0.0527. The van der Waals surface area contributed by atoms with Crippen molar-refractivity contribution in [1.82, 2.24) is 5.32 Å². The van der Waals surface area contributed by atoms with E-state index >= 15 is 0 Å². The zero-order chi connectivity index (χ0) is 34.9. The van der Waals surface area contributed by atoms with Crippen molar-refractivity contribution in [2.75, 3.05) is 19.4 Å². The Morgan fingerprint density at radius 3 is 2.31 bits per heavy atom. The topological polar surface area (TPSA) is 41.6 Å². The van der Waals surface area contributed by atoms with Gasteiger partial charge in [0.2, 0.25) is 0 Å². The first kappa shape index (κ1) is 39.6. The van der Waals surface area contributed by atoms with Crippen molar-refractivity contribution in [1.29, 1.82) is 0 Å². The molecule has 0 spiro atoms. The molecule has 0 bridgehead atoms. The fourth-order valence-corrected chi connectivity index (χ4v) is 7.35. The van der Waals surface area contributed by atoms with E-state index in [4.69, 9.17) is 4.74 Å². The Bertz CT molecular complexity index is 1360. The Balaban J connectivity index is 0.000000437. The van der Waals surface area contributed by atoms with Crippen LogP contribution in [0.5, 0.6) is 0 Å². The van der Waals surface area contributed by atoms with Crippen LogP contribution >= 0.6 is 11.8 Å². The molecule has 1 fully saturated rings. The van der Waals surface area contributed by atoms with E-state index in [0.29, 0.717) is 0 Å². The lowest BCUT2D eigenvalue weighted by Crippen LogP contribution is -2.55. The van der Waals surface area contributed by atoms with Crippen molar-refractivity contribution in [3.8, 4) is 0 Å². The maximum absolute atomic E-state index is 13.3. The number of unbranched alkanes of at least 4 members (excludes halogenated alkanes) is 5. The molecule has 1 saturated heterocycles. The number of benzene rings is 2. The number of hydrogen-bond donors (Lipinski definition) is 1. The number of epoxide rings is 1. The lowest BCUT2D eigenvalue weighted by Gasteiger charge is -2.42. The lowest BCUT2D eigenvalue weighted by molar-refractivity contribution is -0.130. The average molecular weight is 682 g/mol. The lowest BCUT2D eigenvalue weighted by atomic mass is 9.65. The van der Waals surface area contributed by atoms with E-state index in [2.05, 4.69) is 44.0 Å². The average Bonchev–Trinajstić information content (AvgIpc) is 3.93. The van der Waals surface area contributed by atoms with Gasteiger partial charge in [0, 0.05) is 10.5 Å². The number of allylic oxidation sites excluding steroid dienone is 6. The highest BCUT2D eigenvalue weighted by molar-refractivity contribution is 7.98. The molecule has 2 aliphatic rings. The van der Waals surface area contributed by atoms with Crippen molar-refractivity contribution in [2.45, 2.75) is 107 Å². The van der Waals surface area contributed by atoms with Gasteiger partial charge in [-0.05, 0) is 54.4 Å². The first-order chi connectivity index (χ1) is 23.1. The molecule has 3 atom stereocenters. The van der Waals surface area contributed by atoms with Gasteiger partial charge in [-0.25, -0.2) is 0 Å². The smallest absolute Gasteiger partial charge is 0.352 e. The molecule has 0 aromatic heterocycles. The number of rotatable bonds is 19. The molecule has 1 aliphatic heterocycles. The molecule has 0 saturated carbocycles. The Kier molecular flexibility index (Phi) is 16.5. The molecule has 1 heterocycles. The molecule has 4 rings (SSSR count). The molecule has 0 radical (unpaired) electrons. The van der Waals surface area contributed by atoms with Crippen molar-refractivity contribution in [2.24, 2.45) is 5.92 Å². The van der Waals surface area contributed by atoms with Crippen molar-refractivity contribution < 1.29 is 22.7 Å². The van der Waals surface area contributed by atoms with Gasteiger partial charge in [-0.15, -0.1) is 11.8 Å². The van der Waals surface area contributed by atoms with E-state index in [1.54, 1.807) is 11.8 Å². The van der Waals surface area contributed by atoms with Crippen molar-refractivity contribution in [3.63, 3.8) is 0 Å². The fourth-order valence-electron chi connectivity index (χ4n) is 6.74. The standard InChI is InChI=1S/C31H44F3NO.C10H10OS/c1-3-17-26(2)18-11-6-4-5-9-16-23-29(28-21-14-10-15-22-28,27-19-12-7-8-13-20-27)30(25-36-30)35-24-31(32,33)34;1-3-9(11)8-6-4-5-7-10(8)12-2/h7-8,10,12,14-15,19-22,26,35H,3-6,9,11,13,16-18,23-25H2,1-2H3;3-7H,1H2,2H3. The fraction of sp³-hybridized carbons (Fsp3) is 0.488. The molecule has 262 valence electrons. The minimum atomic E-state index is -4.30. The van der Waals surface area contributed by atoms with Crippen LogP contribution in [0.4, 0.5) is 13.2 Å². The first-order valence-corrected chi connectivity index (χ1v) is 18.7. The zero-order valence-electron chi connectivity index (χ0n) is 29.0. The molecular formula is C41H54F3NO2S. The Hall–Kier alpha value is -2.87. The van der Waals surface area contributed by atoms with Crippen LogP contribution in [-0.2, 0) is 10.2 Å². The number of carbonyl (C=O) groups excluding carboxylic acids is 1. The van der Waals surface area contributed by atoms with Crippen molar-refractivity contribution in [3.05, 3.63) is 114 Å². The van der Waals surface area contributed by atoms with Crippen LogP contribution in [0.2, 0.25) is 0 Å². The summed E-state index contributed by atoms with van der Waals surface area (Å²) in [7, 11) is 0. The minimum absolute atomic E-state index is 0.0139. The highest BCUT2D eigenvalue weighted by Crippen LogP contribution is 2.53. The van der Waals surface area contributed by atoms with Crippen LogP contribution < -0.4 is 5.32 Å². The van der Waals surface area contributed by atoms with E-state index in [-0.39, 0.29) is 12.4 Å². The van der Waals surface area contributed by atoms with Gasteiger partial charge in [-0.2, -0.15) is 13.2 Å².